The number of hydrogen-bond donors (Lipinski definition) is 9. The lowest BCUT2D eigenvalue weighted by Crippen LogP contribution is -2.38. The number of rotatable bonds is 35. The first-order chi connectivity index (χ1) is 34.9. The van der Waals surface area contributed by atoms with Crippen LogP contribution in [0.2, 0.25) is 0 Å². The summed E-state index contributed by atoms with van der Waals surface area (Å²) >= 11 is 1.28. The molecule has 73 heavy (non-hydrogen) atoms. The Hall–Kier alpha value is -3.89. The van der Waals surface area contributed by atoms with Crippen molar-refractivity contribution >= 4 is 55.2 Å². The zero-order valence-electron chi connectivity index (χ0n) is 41.8. The van der Waals surface area contributed by atoms with Gasteiger partial charge in [-0.05, 0) is 51.5 Å². The van der Waals surface area contributed by atoms with Crippen molar-refractivity contribution in [3.63, 3.8) is 0 Å². The molecular formula is C46H75N6O19PS. The molecule has 9 N–H and O–H groups in total. The number of likely N-dealkylation sites (tertiary alicyclic amines) is 1. The third kappa shape index (κ3) is 20.3. The number of amides is 5. The average molecular weight is 1080 g/mol. The van der Waals surface area contributed by atoms with Gasteiger partial charge in [0, 0.05) is 90.2 Å². The van der Waals surface area contributed by atoms with Crippen molar-refractivity contribution in [1.82, 2.24) is 30.4 Å². The molecule has 0 spiro atoms. The highest BCUT2D eigenvalue weighted by Gasteiger charge is 2.45. The van der Waals surface area contributed by atoms with Crippen molar-refractivity contribution in [2.24, 2.45) is 5.92 Å². The van der Waals surface area contributed by atoms with E-state index in [4.69, 9.17) is 28.0 Å². The van der Waals surface area contributed by atoms with E-state index in [1.165, 1.54) is 37.0 Å². The lowest BCUT2D eigenvalue weighted by Gasteiger charge is -2.21. The van der Waals surface area contributed by atoms with Crippen molar-refractivity contribution in [3.05, 3.63) is 38.7 Å². The fourth-order valence-corrected chi connectivity index (χ4v) is 10.2. The Morgan fingerprint density at radius 1 is 0.863 bits per heavy atom. The van der Waals surface area contributed by atoms with Crippen LogP contribution < -0.4 is 27.2 Å². The van der Waals surface area contributed by atoms with E-state index in [2.05, 4.69) is 20.9 Å². The summed E-state index contributed by atoms with van der Waals surface area (Å²) < 4.78 is 44.7. The van der Waals surface area contributed by atoms with Gasteiger partial charge in [0.25, 0.3) is 5.56 Å². The Morgan fingerprint density at radius 3 is 2.22 bits per heavy atom. The highest BCUT2D eigenvalue weighted by molar-refractivity contribution is 8.00. The molecule has 0 bridgehead atoms. The summed E-state index contributed by atoms with van der Waals surface area (Å²) in [6, 6.07) is 0. The number of phosphoric acid groups is 1. The minimum atomic E-state index is -4.46. The first-order valence-electron chi connectivity index (χ1n) is 24.8. The first-order valence-corrected chi connectivity index (χ1v) is 27.3. The normalized spacial score (nSPS) is 25.4. The van der Waals surface area contributed by atoms with Gasteiger partial charge in [-0.15, -0.1) is 11.8 Å². The predicted molar refractivity (Wildman–Crippen MR) is 264 cm³/mol. The molecule has 11 atom stereocenters. The predicted octanol–water partition coefficient (Wildman–Crippen LogP) is -0.389. The number of aliphatic hydroxyl groups excluding tert-OH is 4. The molecule has 4 rings (SSSR count). The molecule has 414 valence electrons. The Labute approximate surface area is 428 Å². The van der Waals surface area contributed by atoms with Crippen molar-refractivity contribution in [3.8, 4) is 0 Å². The molecule has 27 heteroatoms. The highest BCUT2D eigenvalue weighted by atomic mass is 32.2. The molecule has 0 aromatic carbocycles. The fraction of sp³-hybridized carbons (Fsp3) is 0.761. The van der Waals surface area contributed by atoms with Gasteiger partial charge >= 0.3 is 13.5 Å². The van der Waals surface area contributed by atoms with Gasteiger partial charge in [-0.1, -0.05) is 25.7 Å². The molecule has 1 aromatic heterocycles. The number of aromatic amines is 1. The minimum absolute atomic E-state index is 0.0301. The van der Waals surface area contributed by atoms with Crippen LogP contribution in [-0.4, -0.2) is 190 Å². The molecule has 3 aliphatic heterocycles. The first kappa shape index (κ1) is 61.7. The van der Waals surface area contributed by atoms with E-state index in [0.717, 1.165) is 29.7 Å². The summed E-state index contributed by atoms with van der Waals surface area (Å²) in [6.45, 7) is 2.28. The van der Waals surface area contributed by atoms with Gasteiger partial charge in [0.15, 0.2) is 6.23 Å². The number of thioether (sulfide) groups is 1. The minimum Gasteiger partial charge on any atom is -0.396 e. The second-order valence-corrected chi connectivity index (χ2v) is 20.9. The summed E-state index contributed by atoms with van der Waals surface area (Å²) in [7, 11) is -1.68. The number of imide groups is 1. The number of aromatic nitrogens is 2. The van der Waals surface area contributed by atoms with Gasteiger partial charge in [-0.3, -0.25) is 52.3 Å². The van der Waals surface area contributed by atoms with Crippen LogP contribution in [0, 0.1) is 5.92 Å². The molecule has 0 aliphatic carbocycles. The van der Waals surface area contributed by atoms with Crippen molar-refractivity contribution in [2.45, 2.75) is 145 Å². The van der Waals surface area contributed by atoms with Crippen LogP contribution in [-0.2, 0) is 56.5 Å². The summed E-state index contributed by atoms with van der Waals surface area (Å²) in [6.07, 6.45) is 2.58. The molecule has 3 aliphatic rings. The molecule has 1 aromatic rings. The van der Waals surface area contributed by atoms with E-state index in [9.17, 15) is 63.4 Å². The number of hydrogen-bond acceptors (Lipinski definition) is 19. The SMILES string of the molecule is COCC1OC(n2cc(/C=C/C(=O)NCCCCCCNC(=O)CCSC3CC(=O)N(CCCCCC(=O)NCCCCC(CO)COP(=O)(O)OCC4OC(C)C(O)C4OC)C3=O)c(=O)[nH]c2=O)C(O)C1O. The number of ether oxygens (including phenoxy) is 4. The number of nitrogens with zero attached hydrogens (tertiary/aromatic N) is 2. The molecule has 3 saturated heterocycles. The Balaban J connectivity index is 0.964. The Morgan fingerprint density at radius 2 is 1.53 bits per heavy atom. The molecule has 11 unspecified atom stereocenters. The second kappa shape index (κ2) is 31.9. The van der Waals surface area contributed by atoms with Crippen LogP contribution in [0.15, 0.2) is 21.9 Å². The van der Waals surface area contributed by atoms with Crippen LogP contribution in [0.1, 0.15) is 102 Å². The maximum Gasteiger partial charge on any atom is 0.472 e. The van der Waals surface area contributed by atoms with Crippen LogP contribution in [0.3, 0.4) is 0 Å². The third-order valence-corrected chi connectivity index (χ3v) is 14.7. The molecule has 0 saturated carbocycles. The smallest absolute Gasteiger partial charge is 0.396 e. The summed E-state index contributed by atoms with van der Waals surface area (Å²) in [5.74, 6) is -1.34. The van der Waals surface area contributed by atoms with Crippen LogP contribution in [0.25, 0.3) is 6.08 Å². The average Bonchev–Trinajstić information content (AvgIpc) is 3.91. The number of unbranched alkanes of at least 4 members (excludes halogenated alkanes) is 6. The van der Waals surface area contributed by atoms with Gasteiger partial charge in [0.05, 0.1) is 36.7 Å². The zero-order chi connectivity index (χ0) is 53.5. The number of methoxy groups -OCH3 is 2. The summed E-state index contributed by atoms with van der Waals surface area (Å²) in [4.78, 5) is 101. The quantitative estimate of drug-likeness (QED) is 0.0181. The number of carbonyl (C=O) groups is 5. The molecule has 25 nitrogen and oxygen atoms in total. The molecule has 4 heterocycles. The van der Waals surface area contributed by atoms with E-state index in [-0.39, 0.29) is 81.4 Å². The van der Waals surface area contributed by atoms with Gasteiger partial charge < -0.3 is 60.2 Å². The van der Waals surface area contributed by atoms with Gasteiger partial charge in [-0.25, -0.2) is 9.36 Å². The van der Waals surface area contributed by atoms with E-state index in [1.54, 1.807) is 6.92 Å². The fourth-order valence-electron chi connectivity index (χ4n) is 8.32. The maximum atomic E-state index is 12.9. The van der Waals surface area contributed by atoms with E-state index >= 15 is 0 Å². The number of aliphatic hydroxyl groups is 4. The van der Waals surface area contributed by atoms with Gasteiger partial charge in [0.2, 0.25) is 29.5 Å². The van der Waals surface area contributed by atoms with E-state index in [1.807, 2.05) is 0 Å². The topological polar surface area (TPSA) is 353 Å². The summed E-state index contributed by atoms with van der Waals surface area (Å²) in [5, 5.41) is 48.3. The zero-order valence-corrected chi connectivity index (χ0v) is 43.5. The summed E-state index contributed by atoms with van der Waals surface area (Å²) in [5.41, 5.74) is -1.66. The second-order valence-electron chi connectivity index (χ2n) is 18.2. The Bertz CT molecular complexity index is 2130. The number of nitrogens with one attached hydrogen (secondary N) is 4. The van der Waals surface area contributed by atoms with Crippen LogP contribution in [0.4, 0.5) is 0 Å². The molecule has 5 amide bonds. The Kier molecular flexibility index (Phi) is 26.9. The van der Waals surface area contributed by atoms with Crippen LogP contribution in [0.5, 0.6) is 0 Å². The van der Waals surface area contributed by atoms with Gasteiger partial charge in [-0.2, -0.15) is 0 Å². The van der Waals surface area contributed by atoms with Crippen molar-refractivity contribution in [2.75, 3.05) is 72.6 Å². The van der Waals surface area contributed by atoms with E-state index in [0.29, 0.717) is 76.8 Å². The largest absolute Gasteiger partial charge is 0.472 e. The number of carbonyl (C=O) groups excluding carboxylic acids is 5. The monoisotopic (exact) mass is 1080 g/mol. The van der Waals surface area contributed by atoms with Gasteiger partial charge in [0.1, 0.15) is 36.6 Å². The number of H-pyrrole nitrogens is 1. The van der Waals surface area contributed by atoms with Crippen molar-refractivity contribution < 1.29 is 81.9 Å². The maximum absolute atomic E-state index is 12.9. The molecule has 0 radical (unpaired) electrons. The van der Waals surface area contributed by atoms with E-state index < -0.39 is 85.1 Å². The van der Waals surface area contributed by atoms with Crippen LogP contribution >= 0.6 is 19.6 Å². The lowest BCUT2D eigenvalue weighted by atomic mass is 10.0. The standard InChI is InChI=1S/C46H75N6O19PS/c1-29-39(58)42(67-3)33(70-29)28-69-72(64,65)68-26-30(25-53)13-8-11-20-47-35(54)14-7-6-12-21-51-38(57)23-34(44(51)62)73-22-17-37(56)49-19-10-5-4-9-18-48-36(55)16-15-31-24-52(46(63)50-43(31)61)45-41(60)40(59)32(71-45)27-66-2/h15-16,24,29-30,32-34,39-42,45,53,58-60H,4-14,17-23,25-28H2,1-3H3,(H,47,54)(H,48,55)(H,49,56)(H,64,65)(H,50,61,63)/b16-15+. The molecule has 3 fully saturated rings. The third-order valence-electron chi connectivity index (χ3n) is 12.6. The lowest BCUT2D eigenvalue weighted by molar-refractivity contribution is -0.138. The molecular weight excluding hydrogens is 1000 g/mol. The van der Waals surface area contributed by atoms with Crippen molar-refractivity contribution in [1.29, 1.82) is 0 Å². The number of phosphoric ester groups is 1. The highest BCUT2D eigenvalue weighted by Crippen LogP contribution is 2.44.